The number of ether oxygens (including phenoxy) is 2. The highest BCUT2D eigenvalue weighted by atomic mass is 32.2. The topological polar surface area (TPSA) is 96.5 Å². The highest BCUT2D eigenvalue weighted by Crippen LogP contribution is 2.34. The average Bonchev–Trinajstić information content (AvgIpc) is 3.34. The minimum absolute atomic E-state index is 0.0128. The van der Waals surface area contributed by atoms with Gasteiger partial charge in [0, 0.05) is 20.1 Å². The van der Waals surface area contributed by atoms with Gasteiger partial charge in [0.2, 0.25) is 5.91 Å². The van der Waals surface area contributed by atoms with Crippen molar-refractivity contribution in [2.75, 3.05) is 51.3 Å². The summed E-state index contributed by atoms with van der Waals surface area (Å²) in [7, 11) is -2.40. The molecule has 11 heteroatoms. The third-order valence-electron chi connectivity index (χ3n) is 5.19. The number of fused-ring (bicyclic) bond motifs is 1. The van der Waals surface area contributed by atoms with Gasteiger partial charge in [-0.1, -0.05) is 18.2 Å². The molecule has 1 unspecified atom stereocenters. The van der Waals surface area contributed by atoms with Crippen LogP contribution in [0.1, 0.15) is 0 Å². The molecular formula is C20H23N3O6S2. The molecule has 2 aliphatic rings. The van der Waals surface area contributed by atoms with Crippen LogP contribution in [0.15, 0.2) is 46.0 Å². The molecule has 3 heterocycles. The summed E-state index contributed by atoms with van der Waals surface area (Å²) in [5, 5.41) is 1.67. The quantitative estimate of drug-likeness (QED) is 0.654. The molecule has 1 aromatic carbocycles. The van der Waals surface area contributed by atoms with Gasteiger partial charge in [0.1, 0.15) is 9.96 Å². The number of thiophene rings is 1. The molecule has 31 heavy (non-hydrogen) atoms. The molecule has 1 aromatic heterocycles. The lowest BCUT2D eigenvalue weighted by Crippen LogP contribution is -2.55. The number of rotatable bonds is 5. The van der Waals surface area contributed by atoms with Crippen LogP contribution < -0.4 is 9.64 Å². The zero-order valence-corrected chi connectivity index (χ0v) is 18.6. The zero-order chi connectivity index (χ0) is 22.0. The fraction of sp³-hybridized carbons (Fsp3) is 0.400. The average molecular weight is 466 g/mol. The summed E-state index contributed by atoms with van der Waals surface area (Å²) in [4.78, 5) is 29.2. The number of sulfonamides is 1. The van der Waals surface area contributed by atoms with Crippen molar-refractivity contribution in [1.29, 1.82) is 0 Å². The molecule has 1 saturated heterocycles. The largest absolute Gasteiger partial charge is 0.476 e. The number of morpholine rings is 1. The first-order chi connectivity index (χ1) is 14.9. The SMILES string of the molecule is CN(CC(=O)N1CC(C(=O)N2CCOCC2)Oc2ccccc21)S(=O)(=O)c1cccs1. The van der Waals surface area contributed by atoms with Crippen LogP contribution in [0.25, 0.3) is 0 Å². The molecule has 2 aliphatic heterocycles. The third kappa shape index (κ3) is 4.45. The molecule has 166 valence electrons. The maximum Gasteiger partial charge on any atom is 0.265 e. The molecule has 9 nitrogen and oxygen atoms in total. The summed E-state index contributed by atoms with van der Waals surface area (Å²) >= 11 is 1.09. The minimum atomic E-state index is -3.77. The second-order valence-electron chi connectivity index (χ2n) is 7.21. The smallest absolute Gasteiger partial charge is 0.265 e. The van der Waals surface area contributed by atoms with Crippen LogP contribution in [0.5, 0.6) is 5.75 Å². The minimum Gasteiger partial charge on any atom is -0.476 e. The van der Waals surface area contributed by atoms with E-state index in [0.717, 1.165) is 15.6 Å². The monoisotopic (exact) mass is 465 g/mol. The van der Waals surface area contributed by atoms with Crippen molar-refractivity contribution in [2.24, 2.45) is 0 Å². The number of hydrogen-bond acceptors (Lipinski definition) is 7. The van der Waals surface area contributed by atoms with E-state index in [-0.39, 0.29) is 23.2 Å². The molecule has 0 N–H and O–H groups in total. The highest BCUT2D eigenvalue weighted by molar-refractivity contribution is 7.91. The molecule has 1 atom stereocenters. The lowest BCUT2D eigenvalue weighted by Gasteiger charge is -2.37. The van der Waals surface area contributed by atoms with E-state index in [4.69, 9.17) is 9.47 Å². The third-order valence-corrected chi connectivity index (χ3v) is 8.37. The van der Waals surface area contributed by atoms with Gasteiger partial charge in [-0.25, -0.2) is 8.42 Å². The molecule has 0 spiro atoms. The van der Waals surface area contributed by atoms with Crippen molar-refractivity contribution in [2.45, 2.75) is 10.3 Å². The van der Waals surface area contributed by atoms with E-state index in [9.17, 15) is 18.0 Å². The molecule has 2 amide bonds. The Morgan fingerprint density at radius 3 is 2.61 bits per heavy atom. The first-order valence-electron chi connectivity index (χ1n) is 9.80. The Labute approximate surface area is 184 Å². The van der Waals surface area contributed by atoms with Crippen molar-refractivity contribution in [3.63, 3.8) is 0 Å². The van der Waals surface area contributed by atoms with E-state index in [2.05, 4.69) is 0 Å². The van der Waals surface area contributed by atoms with Gasteiger partial charge in [0.25, 0.3) is 15.9 Å². The van der Waals surface area contributed by atoms with Crippen molar-refractivity contribution in [3.05, 3.63) is 41.8 Å². The maximum absolute atomic E-state index is 13.2. The lowest BCUT2D eigenvalue weighted by molar-refractivity contribution is -0.142. The van der Waals surface area contributed by atoms with Crippen LogP contribution in [0.2, 0.25) is 0 Å². The molecule has 0 aliphatic carbocycles. The van der Waals surface area contributed by atoms with E-state index in [1.165, 1.54) is 18.0 Å². The predicted molar refractivity (Wildman–Crippen MR) is 115 cm³/mol. The van der Waals surface area contributed by atoms with Gasteiger partial charge in [0.05, 0.1) is 32.0 Å². The molecule has 4 rings (SSSR count). The molecular weight excluding hydrogens is 442 g/mol. The fourth-order valence-electron chi connectivity index (χ4n) is 3.51. The first kappa shape index (κ1) is 21.8. The molecule has 1 fully saturated rings. The van der Waals surface area contributed by atoms with E-state index >= 15 is 0 Å². The van der Waals surface area contributed by atoms with E-state index < -0.39 is 22.0 Å². The zero-order valence-electron chi connectivity index (χ0n) is 17.0. The number of nitrogens with zero attached hydrogens (tertiary/aromatic N) is 3. The molecule has 0 radical (unpaired) electrons. The van der Waals surface area contributed by atoms with Gasteiger partial charge in [-0.15, -0.1) is 11.3 Å². The summed E-state index contributed by atoms with van der Waals surface area (Å²) in [6.45, 7) is 1.52. The molecule has 2 aromatic rings. The van der Waals surface area contributed by atoms with E-state index in [1.54, 1.807) is 40.6 Å². The van der Waals surface area contributed by atoms with Gasteiger partial charge in [-0.05, 0) is 23.6 Å². The van der Waals surface area contributed by atoms with Crippen LogP contribution in [0.4, 0.5) is 5.69 Å². The van der Waals surface area contributed by atoms with Gasteiger partial charge >= 0.3 is 0 Å². The van der Waals surface area contributed by atoms with Gasteiger partial charge in [-0.3, -0.25) is 9.59 Å². The van der Waals surface area contributed by atoms with Crippen molar-refractivity contribution in [1.82, 2.24) is 9.21 Å². The number of amides is 2. The second kappa shape index (κ2) is 8.95. The Bertz CT molecular complexity index is 1050. The molecule has 0 saturated carbocycles. The number of anilines is 1. The predicted octanol–water partition coefficient (Wildman–Crippen LogP) is 1.02. The van der Waals surface area contributed by atoms with Crippen molar-refractivity contribution >= 4 is 38.9 Å². The summed E-state index contributed by atoms with van der Waals surface area (Å²) in [5.74, 6) is -0.231. The van der Waals surface area contributed by atoms with Crippen LogP contribution >= 0.6 is 11.3 Å². The van der Waals surface area contributed by atoms with Gasteiger partial charge in [-0.2, -0.15) is 4.31 Å². The van der Waals surface area contributed by atoms with Crippen LogP contribution in [-0.2, 0) is 24.3 Å². The normalized spacial score (nSPS) is 19.1. The Morgan fingerprint density at radius 1 is 1.16 bits per heavy atom. The lowest BCUT2D eigenvalue weighted by atomic mass is 10.1. The standard InChI is InChI=1S/C20H23N3O6S2/c1-21(31(26,27)19-7-4-12-30-19)14-18(24)23-13-17(20(25)22-8-10-28-11-9-22)29-16-6-3-2-5-15(16)23/h2-7,12,17H,8-11,13-14H2,1H3. The Balaban J connectivity index is 1.54. The first-order valence-corrected chi connectivity index (χ1v) is 12.1. The van der Waals surface area contributed by atoms with Crippen molar-refractivity contribution in [3.8, 4) is 5.75 Å². The van der Waals surface area contributed by atoms with Crippen LogP contribution in [-0.4, -0.2) is 82.0 Å². The summed E-state index contributed by atoms with van der Waals surface area (Å²) in [5.41, 5.74) is 0.514. The summed E-state index contributed by atoms with van der Waals surface area (Å²) < 4.78 is 37.8. The summed E-state index contributed by atoms with van der Waals surface area (Å²) in [6.07, 6.45) is -0.865. The number of carbonyl (C=O) groups excluding carboxylic acids is 2. The van der Waals surface area contributed by atoms with Crippen LogP contribution in [0.3, 0.4) is 0 Å². The highest BCUT2D eigenvalue weighted by Gasteiger charge is 2.37. The summed E-state index contributed by atoms with van der Waals surface area (Å²) in [6, 6.07) is 10.1. The number of carbonyl (C=O) groups is 2. The van der Waals surface area contributed by atoms with Crippen molar-refractivity contribution < 1.29 is 27.5 Å². The number of hydrogen-bond donors (Lipinski definition) is 0. The molecule has 0 bridgehead atoms. The van der Waals surface area contributed by atoms with Gasteiger partial charge < -0.3 is 19.3 Å². The maximum atomic E-state index is 13.2. The van der Waals surface area contributed by atoms with Crippen LogP contribution in [0, 0.1) is 0 Å². The van der Waals surface area contributed by atoms with E-state index in [0.29, 0.717) is 37.7 Å². The number of benzene rings is 1. The Hall–Kier alpha value is -2.47. The second-order valence-corrected chi connectivity index (χ2v) is 10.4. The number of para-hydroxylation sites is 2. The number of likely N-dealkylation sites (N-methyl/N-ethyl adjacent to an activating group) is 1. The Kier molecular flexibility index (Phi) is 6.28. The van der Waals surface area contributed by atoms with E-state index in [1.807, 2.05) is 0 Å². The fourth-order valence-corrected chi connectivity index (χ4v) is 5.83. The Morgan fingerprint density at radius 2 is 1.90 bits per heavy atom. The van der Waals surface area contributed by atoms with Gasteiger partial charge in [0.15, 0.2) is 6.10 Å².